The van der Waals surface area contributed by atoms with E-state index in [-0.39, 0.29) is 30.9 Å². The second-order valence-corrected chi connectivity index (χ2v) is 8.03. The SMILES string of the molecule is COc1ccc(NC(=O)CN(C)CC(=O)N(Cc2ccccc2)[C@H](C)C2CC2)cc1. The molecule has 0 aromatic heterocycles. The molecule has 6 nitrogen and oxygen atoms in total. The Bertz CT molecular complexity index is 835. The molecule has 0 spiro atoms. The summed E-state index contributed by atoms with van der Waals surface area (Å²) in [5.41, 5.74) is 1.83. The van der Waals surface area contributed by atoms with Crippen molar-refractivity contribution in [3.63, 3.8) is 0 Å². The summed E-state index contributed by atoms with van der Waals surface area (Å²) in [6.45, 7) is 3.09. The van der Waals surface area contributed by atoms with E-state index in [1.54, 1.807) is 43.3 Å². The molecule has 160 valence electrons. The van der Waals surface area contributed by atoms with Gasteiger partial charge in [0.1, 0.15) is 5.75 Å². The smallest absolute Gasteiger partial charge is 0.238 e. The van der Waals surface area contributed by atoms with Crippen LogP contribution in [0.5, 0.6) is 5.75 Å². The fourth-order valence-electron chi connectivity index (χ4n) is 3.57. The van der Waals surface area contributed by atoms with E-state index in [1.807, 2.05) is 35.2 Å². The van der Waals surface area contributed by atoms with Gasteiger partial charge in [0.05, 0.1) is 20.2 Å². The van der Waals surface area contributed by atoms with Gasteiger partial charge in [-0.15, -0.1) is 0 Å². The van der Waals surface area contributed by atoms with Crippen LogP contribution >= 0.6 is 0 Å². The topological polar surface area (TPSA) is 61.9 Å². The number of nitrogens with zero attached hydrogens (tertiary/aromatic N) is 2. The fourth-order valence-corrected chi connectivity index (χ4v) is 3.57. The number of carbonyl (C=O) groups excluding carboxylic acids is 2. The van der Waals surface area contributed by atoms with Crippen LogP contribution in [-0.2, 0) is 16.1 Å². The molecule has 0 saturated heterocycles. The molecule has 0 heterocycles. The zero-order chi connectivity index (χ0) is 21.5. The molecule has 1 aliphatic carbocycles. The van der Waals surface area contributed by atoms with Crippen LogP contribution in [0.25, 0.3) is 0 Å². The zero-order valence-electron chi connectivity index (χ0n) is 18.0. The lowest BCUT2D eigenvalue weighted by atomic mass is 10.1. The standard InChI is InChI=1S/C24H31N3O3/c1-18(20-9-10-20)27(15-19-7-5-4-6-8-19)24(29)17-26(2)16-23(28)25-21-11-13-22(30-3)14-12-21/h4-8,11-14,18,20H,9-10,15-17H2,1-3H3,(H,25,28)/t18-/m1/s1. The highest BCUT2D eigenvalue weighted by molar-refractivity contribution is 5.92. The Morgan fingerprint density at radius 1 is 1.07 bits per heavy atom. The minimum atomic E-state index is -0.152. The van der Waals surface area contributed by atoms with Gasteiger partial charge in [-0.2, -0.15) is 0 Å². The Labute approximate surface area is 178 Å². The molecule has 3 rings (SSSR count). The molecule has 30 heavy (non-hydrogen) atoms. The van der Waals surface area contributed by atoms with Gasteiger partial charge in [0.15, 0.2) is 0 Å². The van der Waals surface area contributed by atoms with Crippen LogP contribution in [0.2, 0.25) is 0 Å². The predicted octanol–water partition coefficient (Wildman–Crippen LogP) is 3.39. The van der Waals surface area contributed by atoms with Gasteiger partial charge in [0.25, 0.3) is 0 Å². The number of nitrogens with one attached hydrogen (secondary N) is 1. The van der Waals surface area contributed by atoms with Crippen molar-refractivity contribution in [3.05, 3.63) is 60.2 Å². The molecule has 2 aromatic rings. The molecule has 2 amide bonds. The predicted molar refractivity (Wildman–Crippen MR) is 118 cm³/mol. The van der Waals surface area contributed by atoms with Gasteiger partial charge in [-0.1, -0.05) is 30.3 Å². The highest BCUT2D eigenvalue weighted by atomic mass is 16.5. The van der Waals surface area contributed by atoms with Crippen molar-refractivity contribution in [1.29, 1.82) is 0 Å². The maximum Gasteiger partial charge on any atom is 0.238 e. The number of hydrogen-bond acceptors (Lipinski definition) is 4. The van der Waals surface area contributed by atoms with E-state index in [9.17, 15) is 9.59 Å². The summed E-state index contributed by atoms with van der Waals surface area (Å²) in [5.74, 6) is 1.22. The lowest BCUT2D eigenvalue weighted by molar-refractivity contribution is -0.135. The molecule has 1 aliphatic rings. The molecule has 0 radical (unpaired) electrons. The van der Waals surface area contributed by atoms with Crippen molar-refractivity contribution in [2.75, 3.05) is 32.6 Å². The van der Waals surface area contributed by atoms with Gasteiger partial charge in [-0.25, -0.2) is 0 Å². The largest absolute Gasteiger partial charge is 0.497 e. The zero-order valence-corrected chi connectivity index (χ0v) is 18.0. The third kappa shape index (κ3) is 6.32. The van der Waals surface area contributed by atoms with Crippen LogP contribution in [-0.4, -0.2) is 54.9 Å². The Hall–Kier alpha value is -2.86. The fraction of sp³-hybridized carbons (Fsp3) is 0.417. The molecule has 2 aromatic carbocycles. The van der Waals surface area contributed by atoms with Crippen LogP contribution in [0.1, 0.15) is 25.3 Å². The Kier molecular flexibility index (Phi) is 7.46. The van der Waals surface area contributed by atoms with Crippen molar-refractivity contribution >= 4 is 17.5 Å². The number of methoxy groups -OCH3 is 1. The van der Waals surface area contributed by atoms with Crippen LogP contribution < -0.4 is 10.1 Å². The van der Waals surface area contributed by atoms with Gasteiger partial charge < -0.3 is 15.0 Å². The third-order valence-electron chi connectivity index (χ3n) is 5.50. The molecular formula is C24H31N3O3. The van der Waals surface area contributed by atoms with Crippen molar-refractivity contribution < 1.29 is 14.3 Å². The second kappa shape index (κ2) is 10.3. The molecule has 1 saturated carbocycles. The maximum atomic E-state index is 13.1. The van der Waals surface area contributed by atoms with Crippen molar-refractivity contribution in [2.45, 2.75) is 32.4 Å². The van der Waals surface area contributed by atoms with Gasteiger partial charge in [-0.05, 0) is 62.6 Å². The summed E-state index contributed by atoms with van der Waals surface area (Å²) in [4.78, 5) is 29.2. The minimum absolute atomic E-state index is 0.0537. The lowest BCUT2D eigenvalue weighted by Crippen LogP contribution is -2.45. The Balaban J connectivity index is 1.55. The minimum Gasteiger partial charge on any atom is -0.497 e. The molecule has 1 atom stereocenters. The molecular weight excluding hydrogens is 378 g/mol. The van der Waals surface area contributed by atoms with Crippen molar-refractivity contribution in [3.8, 4) is 5.75 Å². The van der Waals surface area contributed by atoms with E-state index in [1.165, 1.54) is 12.8 Å². The average molecular weight is 410 g/mol. The van der Waals surface area contributed by atoms with Crippen LogP contribution in [0.4, 0.5) is 5.69 Å². The first-order valence-corrected chi connectivity index (χ1v) is 10.4. The molecule has 1 N–H and O–H groups in total. The number of carbonyl (C=O) groups is 2. The van der Waals surface area contributed by atoms with E-state index < -0.39 is 0 Å². The normalized spacial score (nSPS) is 14.3. The molecule has 6 heteroatoms. The maximum absolute atomic E-state index is 13.1. The third-order valence-corrected chi connectivity index (χ3v) is 5.50. The van der Waals surface area contributed by atoms with Crippen LogP contribution in [0.3, 0.4) is 0 Å². The van der Waals surface area contributed by atoms with Gasteiger partial charge in [0.2, 0.25) is 11.8 Å². The Morgan fingerprint density at radius 2 is 1.73 bits per heavy atom. The average Bonchev–Trinajstić information content (AvgIpc) is 3.58. The van der Waals surface area contributed by atoms with E-state index >= 15 is 0 Å². The lowest BCUT2D eigenvalue weighted by Gasteiger charge is -2.31. The quantitative estimate of drug-likeness (QED) is 0.653. The molecule has 0 unspecified atom stereocenters. The van der Waals surface area contributed by atoms with Crippen molar-refractivity contribution in [1.82, 2.24) is 9.80 Å². The van der Waals surface area contributed by atoms with Gasteiger partial charge >= 0.3 is 0 Å². The molecule has 0 aliphatic heterocycles. The molecule has 1 fully saturated rings. The summed E-state index contributed by atoms with van der Waals surface area (Å²) in [5, 5.41) is 2.86. The van der Waals surface area contributed by atoms with E-state index in [0.717, 1.165) is 11.3 Å². The van der Waals surface area contributed by atoms with Crippen LogP contribution in [0, 0.1) is 5.92 Å². The highest BCUT2D eigenvalue weighted by Gasteiger charge is 2.34. The van der Waals surface area contributed by atoms with E-state index in [2.05, 4.69) is 12.2 Å². The van der Waals surface area contributed by atoms with E-state index in [4.69, 9.17) is 4.74 Å². The number of ether oxygens (including phenoxy) is 1. The van der Waals surface area contributed by atoms with Gasteiger partial charge in [-0.3, -0.25) is 14.5 Å². The first-order chi connectivity index (χ1) is 14.5. The first-order valence-electron chi connectivity index (χ1n) is 10.4. The number of hydrogen-bond donors (Lipinski definition) is 1. The highest BCUT2D eigenvalue weighted by Crippen LogP contribution is 2.35. The molecule has 0 bridgehead atoms. The number of benzene rings is 2. The number of anilines is 1. The summed E-state index contributed by atoms with van der Waals surface area (Å²) in [6, 6.07) is 17.5. The van der Waals surface area contributed by atoms with Crippen LogP contribution in [0.15, 0.2) is 54.6 Å². The number of likely N-dealkylation sites (N-methyl/N-ethyl adjacent to an activating group) is 1. The summed E-state index contributed by atoms with van der Waals surface area (Å²) in [6.07, 6.45) is 2.36. The van der Waals surface area contributed by atoms with Crippen molar-refractivity contribution in [2.24, 2.45) is 5.92 Å². The summed E-state index contributed by atoms with van der Waals surface area (Å²) < 4.78 is 5.12. The summed E-state index contributed by atoms with van der Waals surface area (Å²) in [7, 11) is 3.40. The second-order valence-electron chi connectivity index (χ2n) is 8.03. The summed E-state index contributed by atoms with van der Waals surface area (Å²) >= 11 is 0. The van der Waals surface area contributed by atoms with E-state index in [0.29, 0.717) is 18.2 Å². The van der Waals surface area contributed by atoms with Gasteiger partial charge in [0, 0.05) is 18.3 Å². The number of amides is 2. The monoisotopic (exact) mass is 409 g/mol. The first kappa shape index (κ1) is 21.8. The Morgan fingerprint density at radius 3 is 2.33 bits per heavy atom. The number of rotatable bonds is 10.